The molecule has 0 unspecified atom stereocenters. The maximum Gasteiger partial charge on any atom is 0.277 e. The lowest BCUT2D eigenvalue weighted by atomic mass is 10.2. The van der Waals surface area contributed by atoms with Crippen LogP contribution in [0.5, 0.6) is 0 Å². The van der Waals surface area contributed by atoms with Crippen LogP contribution in [0.15, 0.2) is 43.0 Å². The predicted octanol–water partition coefficient (Wildman–Crippen LogP) is 1.70. The minimum absolute atomic E-state index is 0.133. The van der Waals surface area contributed by atoms with Gasteiger partial charge in [-0.2, -0.15) is 0 Å². The molecule has 0 fully saturated rings. The van der Waals surface area contributed by atoms with Crippen molar-refractivity contribution in [3.05, 3.63) is 48.6 Å². The van der Waals surface area contributed by atoms with Crippen molar-refractivity contribution < 1.29 is 10.0 Å². The molecule has 0 aliphatic carbocycles. The molecular weight excluding hydrogens is 166 g/mol. The van der Waals surface area contributed by atoms with E-state index < -0.39 is 5.91 Å². The van der Waals surface area contributed by atoms with E-state index in [9.17, 15) is 10.0 Å². The van der Waals surface area contributed by atoms with Crippen molar-refractivity contribution in [1.82, 2.24) is 5.06 Å². The Morgan fingerprint density at radius 2 is 2.08 bits per heavy atom. The molecule has 0 saturated carbocycles. The second-order valence-corrected chi connectivity index (χ2v) is 2.54. The molecule has 0 aliphatic rings. The second-order valence-electron chi connectivity index (χ2n) is 2.54. The minimum Gasteiger partial charge on any atom is -0.285 e. The fourth-order valence-electron chi connectivity index (χ4n) is 0.935. The van der Waals surface area contributed by atoms with Gasteiger partial charge in [0.2, 0.25) is 0 Å². The van der Waals surface area contributed by atoms with E-state index in [1.807, 2.05) is 6.07 Å². The van der Waals surface area contributed by atoms with E-state index in [0.29, 0.717) is 10.6 Å². The third-order valence-electron chi connectivity index (χ3n) is 1.56. The van der Waals surface area contributed by atoms with Crippen molar-refractivity contribution in [3.63, 3.8) is 0 Å². The van der Waals surface area contributed by atoms with Crippen molar-refractivity contribution in [2.75, 3.05) is 6.54 Å². The summed E-state index contributed by atoms with van der Waals surface area (Å²) in [4.78, 5) is 11.4. The Hall–Kier alpha value is -1.61. The summed E-state index contributed by atoms with van der Waals surface area (Å²) in [6, 6.07) is 8.60. The zero-order valence-electron chi connectivity index (χ0n) is 7.18. The summed E-state index contributed by atoms with van der Waals surface area (Å²) in [5, 5.41) is 9.81. The topological polar surface area (TPSA) is 40.5 Å². The third-order valence-corrected chi connectivity index (χ3v) is 1.56. The van der Waals surface area contributed by atoms with E-state index in [2.05, 4.69) is 6.58 Å². The van der Waals surface area contributed by atoms with Gasteiger partial charge in [0, 0.05) is 5.56 Å². The SMILES string of the molecule is C=CCN(O)C(=O)c1ccccc1. The molecule has 0 radical (unpaired) electrons. The van der Waals surface area contributed by atoms with Crippen LogP contribution in [-0.2, 0) is 0 Å². The highest BCUT2D eigenvalue weighted by Gasteiger charge is 2.10. The van der Waals surface area contributed by atoms with Gasteiger partial charge in [0.25, 0.3) is 5.91 Å². The molecule has 0 heterocycles. The van der Waals surface area contributed by atoms with Crippen LogP contribution in [0.25, 0.3) is 0 Å². The van der Waals surface area contributed by atoms with Gasteiger partial charge in [0.05, 0.1) is 6.54 Å². The standard InChI is InChI=1S/C10H11NO2/c1-2-8-11(13)10(12)9-6-4-3-5-7-9/h2-7,13H,1,8H2. The van der Waals surface area contributed by atoms with Crippen LogP contribution in [0.4, 0.5) is 0 Å². The van der Waals surface area contributed by atoms with Gasteiger partial charge in [-0.15, -0.1) is 6.58 Å². The van der Waals surface area contributed by atoms with Gasteiger partial charge in [-0.25, -0.2) is 5.06 Å². The molecule has 0 atom stereocenters. The van der Waals surface area contributed by atoms with Crippen LogP contribution in [0.1, 0.15) is 10.4 Å². The van der Waals surface area contributed by atoms with Crippen molar-refractivity contribution >= 4 is 5.91 Å². The smallest absolute Gasteiger partial charge is 0.277 e. The molecule has 0 bridgehead atoms. The number of hydroxylamine groups is 2. The van der Waals surface area contributed by atoms with Crippen LogP contribution >= 0.6 is 0 Å². The molecule has 1 aromatic carbocycles. The first kappa shape index (κ1) is 9.48. The normalized spacial score (nSPS) is 9.31. The summed E-state index contributed by atoms with van der Waals surface area (Å²) in [7, 11) is 0. The van der Waals surface area contributed by atoms with E-state index in [0.717, 1.165) is 0 Å². The number of hydrogen-bond acceptors (Lipinski definition) is 2. The summed E-state index contributed by atoms with van der Waals surface area (Å²) in [5.74, 6) is -0.416. The summed E-state index contributed by atoms with van der Waals surface area (Å²) in [6.07, 6.45) is 1.46. The lowest BCUT2D eigenvalue weighted by molar-refractivity contribution is -0.0493. The first-order valence-corrected chi connectivity index (χ1v) is 3.92. The van der Waals surface area contributed by atoms with Crippen LogP contribution < -0.4 is 0 Å². The lowest BCUT2D eigenvalue weighted by Crippen LogP contribution is -2.27. The molecule has 0 spiro atoms. The summed E-state index contributed by atoms with van der Waals surface area (Å²) in [5.41, 5.74) is 0.465. The van der Waals surface area contributed by atoms with Crippen molar-refractivity contribution in [3.8, 4) is 0 Å². The Bertz CT molecular complexity index is 295. The fourth-order valence-corrected chi connectivity index (χ4v) is 0.935. The van der Waals surface area contributed by atoms with Gasteiger partial charge in [-0.3, -0.25) is 10.0 Å². The Kier molecular flexibility index (Phi) is 3.23. The molecule has 0 saturated heterocycles. The fraction of sp³-hybridized carbons (Fsp3) is 0.100. The van der Waals surface area contributed by atoms with Gasteiger partial charge in [-0.05, 0) is 12.1 Å². The largest absolute Gasteiger partial charge is 0.285 e. The average Bonchev–Trinajstić information content (AvgIpc) is 2.18. The maximum absolute atomic E-state index is 11.4. The highest BCUT2D eigenvalue weighted by atomic mass is 16.5. The number of carbonyl (C=O) groups is 1. The van der Waals surface area contributed by atoms with Crippen LogP contribution in [0.2, 0.25) is 0 Å². The molecule has 1 N–H and O–H groups in total. The molecule has 3 heteroatoms. The van der Waals surface area contributed by atoms with E-state index >= 15 is 0 Å². The van der Waals surface area contributed by atoms with Gasteiger partial charge in [0.15, 0.2) is 0 Å². The Labute approximate surface area is 76.9 Å². The highest BCUT2D eigenvalue weighted by Crippen LogP contribution is 2.02. The van der Waals surface area contributed by atoms with Crippen molar-refractivity contribution in [1.29, 1.82) is 0 Å². The van der Waals surface area contributed by atoms with Crippen molar-refractivity contribution in [2.24, 2.45) is 0 Å². The predicted molar refractivity (Wildman–Crippen MR) is 49.5 cm³/mol. The number of amides is 1. The Balaban J connectivity index is 2.73. The number of carbonyl (C=O) groups excluding carboxylic acids is 1. The van der Waals surface area contributed by atoms with Crippen LogP contribution in [-0.4, -0.2) is 22.7 Å². The average molecular weight is 177 g/mol. The molecule has 0 aromatic heterocycles. The van der Waals surface area contributed by atoms with Crippen LogP contribution in [0, 0.1) is 0 Å². The molecule has 68 valence electrons. The van der Waals surface area contributed by atoms with Crippen LogP contribution in [0.3, 0.4) is 0 Å². The van der Waals surface area contributed by atoms with Gasteiger partial charge >= 0.3 is 0 Å². The maximum atomic E-state index is 11.4. The molecule has 3 nitrogen and oxygen atoms in total. The number of nitrogens with zero attached hydrogens (tertiary/aromatic N) is 1. The lowest BCUT2D eigenvalue weighted by Gasteiger charge is -2.11. The summed E-state index contributed by atoms with van der Waals surface area (Å²) >= 11 is 0. The van der Waals surface area contributed by atoms with Crippen molar-refractivity contribution in [2.45, 2.75) is 0 Å². The number of benzene rings is 1. The van der Waals surface area contributed by atoms with E-state index in [1.165, 1.54) is 6.08 Å². The molecular formula is C10H11NO2. The summed E-state index contributed by atoms with van der Waals surface area (Å²) in [6.45, 7) is 3.56. The number of hydrogen-bond donors (Lipinski definition) is 1. The zero-order chi connectivity index (χ0) is 9.68. The monoisotopic (exact) mass is 177 g/mol. The third kappa shape index (κ3) is 2.42. The second kappa shape index (κ2) is 4.42. The molecule has 1 aromatic rings. The van der Waals surface area contributed by atoms with Gasteiger partial charge in [0.1, 0.15) is 0 Å². The Morgan fingerprint density at radius 3 is 2.62 bits per heavy atom. The minimum atomic E-state index is -0.416. The molecule has 1 amide bonds. The van der Waals surface area contributed by atoms with E-state index in [1.54, 1.807) is 24.3 Å². The van der Waals surface area contributed by atoms with Gasteiger partial charge < -0.3 is 0 Å². The van der Waals surface area contributed by atoms with E-state index in [4.69, 9.17) is 0 Å². The highest BCUT2D eigenvalue weighted by molar-refractivity contribution is 5.93. The zero-order valence-corrected chi connectivity index (χ0v) is 7.18. The quantitative estimate of drug-likeness (QED) is 0.433. The first-order valence-electron chi connectivity index (χ1n) is 3.92. The molecule has 13 heavy (non-hydrogen) atoms. The summed E-state index contributed by atoms with van der Waals surface area (Å²) < 4.78 is 0. The Morgan fingerprint density at radius 1 is 1.46 bits per heavy atom. The van der Waals surface area contributed by atoms with Gasteiger partial charge in [-0.1, -0.05) is 24.3 Å². The molecule has 0 aliphatic heterocycles. The molecule has 1 rings (SSSR count). The first-order chi connectivity index (χ1) is 6.25. The van der Waals surface area contributed by atoms with E-state index in [-0.39, 0.29) is 6.54 Å². The number of rotatable bonds is 3.